The molecular formula is C28H60OSSi. The molecule has 31 heavy (non-hydrogen) atoms. The van der Waals surface area contributed by atoms with E-state index in [1.165, 1.54) is 88.6 Å². The Hall–Kier alpha value is 0.527. The summed E-state index contributed by atoms with van der Waals surface area (Å²) in [6.45, 7) is 20.2. The van der Waals surface area contributed by atoms with Crippen LogP contribution in [0.15, 0.2) is 0 Å². The van der Waals surface area contributed by atoms with Gasteiger partial charge in [-0.15, -0.1) is 0 Å². The number of thioether (sulfide) groups is 1. The molecule has 0 unspecified atom stereocenters. The lowest BCUT2D eigenvalue weighted by Crippen LogP contribution is -2.44. The third-order valence-electron chi connectivity index (χ3n) is 7.51. The van der Waals surface area contributed by atoms with Crippen molar-refractivity contribution in [3.8, 4) is 0 Å². The van der Waals surface area contributed by atoms with Gasteiger partial charge in [-0.1, -0.05) is 128 Å². The molecule has 0 aromatic heterocycles. The van der Waals surface area contributed by atoms with Gasteiger partial charge in [0.1, 0.15) is 0 Å². The Kier molecular flexibility index (Phi) is 20.3. The second-order valence-electron chi connectivity index (χ2n) is 11.1. The molecule has 0 aliphatic rings. The Balaban J connectivity index is 3.47. The maximum absolute atomic E-state index is 5.59. The average Bonchev–Trinajstić information content (AvgIpc) is 2.68. The first-order valence-corrected chi connectivity index (χ1v) is 17.5. The van der Waals surface area contributed by atoms with E-state index in [2.05, 4.69) is 67.2 Å². The highest BCUT2D eigenvalue weighted by atomic mass is 32.2. The van der Waals surface area contributed by atoms with E-state index in [0.717, 1.165) is 23.2 Å². The molecule has 0 atom stereocenters. The van der Waals surface area contributed by atoms with Gasteiger partial charge in [0, 0.05) is 6.61 Å². The molecule has 0 N–H and O–H groups in total. The van der Waals surface area contributed by atoms with Gasteiger partial charge in [-0.3, -0.25) is 0 Å². The Morgan fingerprint density at radius 3 is 1.32 bits per heavy atom. The van der Waals surface area contributed by atoms with Crippen molar-refractivity contribution in [3.63, 3.8) is 0 Å². The lowest BCUT2D eigenvalue weighted by atomic mass is 10.1. The van der Waals surface area contributed by atoms with Crippen LogP contribution in [0.2, 0.25) is 22.7 Å². The second kappa shape index (κ2) is 19.9. The molecule has 188 valence electrons. The second-order valence-corrected chi connectivity index (χ2v) is 18.5. The smallest absolute Gasteiger partial charge is 0.0612 e. The van der Waals surface area contributed by atoms with E-state index in [1.54, 1.807) is 6.04 Å². The minimum absolute atomic E-state index is 0.385. The van der Waals surface area contributed by atoms with Crippen molar-refractivity contribution in [1.82, 2.24) is 0 Å². The first-order valence-electron chi connectivity index (χ1n) is 13.9. The lowest BCUT2D eigenvalue weighted by molar-refractivity contribution is 0.0800. The molecule has 1 nitrogen and oxygen atoms in total. The van der Waals surface area contributed by atoms with Crippen LogP contribution >= 0.6 is 11.8 Å². The summed E-state index contributed by atoms with van der Waals surface area (Å²) in [5.74, 6) is 2.61. The highest BCUT2D eigenvalue weighted by Gasteiger charge is 2.41. The van der Waals surface area contributed by atoms with E-state index < -0.39 is 8.07 Å². The molecule has 0 rings (SSSR count). The quantitative estimate of drug-likeness (QED) is 0.114. The minimum atomic E-state index is -1.15. The van der Waals surface area contributed by atoms with E-state index >= 15 is 0 Å². The molecule has 0 radical (unpaired) electrons. The monoisotopic (exact) mass is 472 g/mol. The standard InChI is InChI=1S/C28H60OSSi/c1-25(2)29-21-20-23-30-22-18-16-14-12-10-9-11-13-15-17-19-24-31(26(3)4,27(5)6)28(7)8/h25-28H,9-24H2,1-8H3. The maximum Gasteiger partial charge on any atom is 0.0612 e. The van der Waals surface area contributed by atoms with Gasteiger partial charge in [0.2, 0.25) is 0 Å². The highest BCUT2D eigenvalue weighted by molar-refractivity contribution is 7.99. The SMILES string of the molecule is CC(C)OCCCSCCCCCCCCCCCCC[Si](C(C)C)(C(C)C)C(C)C. The predicted molar refractivity (Wildman–Crippen MR) is 150 cm³/mol. The van der Waals surface area contributed by atoms with Crippen LogP contribution in [0.5, 0.6) is 0 Å². The molecular weight excluding hydrogens is 412 g/mol. The van der Waals surface area contributed by atoms with Crippen molar-refractivity contribution in [3.05, 3.63) is 0 Å². The molecule has 0 heterocycles. The predicted octanol–water partition coefficient (Wildman–Crippen LogP) is 10.5. The number of unbranched alkanes of at least 4 members (excludes halogenated alkanes) is 10. The molecule has 0 fully saturated rings. The first-order chi connectivity index (χ1) is 14.7. The van der Waals surface area contributed by atoms with Crippen molar-refractivity contribution in [2.45, 2.75) is 161 Å². The van der Waals surface area contributed by atoms with E-state index in [1.807, 2.05) is 0 Å². The zero-order valence-electron chi connectivity index (χ0n) is 22.9. The van der Waals surface area contributed by atoms with Crippen LogP contribution in [0.25, 0.3) is 0 Å². The average molecular weight is 473 g/mol. The highest BCUT2D eigenvalue weighted by Crippen LogP contribution is 2.45. The molecule has 3 heteroatoms. The Bertz CT molecular complexity index is 359. The number of hydrogen-bond donors (Lipinski definition) is 0. The van der Waals surface area contributed by atoms with Gasteiger partial charge in [0.25, 0.3) is 0 Å². The normalized spacial score (nSPS) is 12.8. The summed E-state index contributed by atoms with van der Waals surface area (Å²) in [5.41, 5.74) is 2.78. The number of rotatable bonds is 22. The maximum atomic E-state index is 5.59. The van der Waals surface area contributed by atoms with Crippen LogP contribution in [0.3, 0.4) is 0 Å². The molecule has 0 saturated heterocycles. The van der Waals surface area contributed by atoms with Crippen molar-refractivity contribution in [1.29, 1.82) is 0 Å². The van der Waals surface area contributed by atoms with Crippen LogP contribution in [0.1, 0.15) is 132 Å². The van der Waals surface area contributed by atoms with Crippen LogP contribution in [-0.2, 0) is 4.74 Å². The van der Waals surface area contributed by atoms with Gasteiger partial charge in [-0.2, -0.15) is 11.8 Å². The summed E-state index contributed by atoms with van der Waals surface area (Å²) in [4.78, 5) is 0. The van der Waals surface area contributed by atoms with Gasteiger partial charge < -0.3 is 4.74 Å². The van der Waals surface area contributed by atoms with Gasteiger partial charge >= 0.3 is 0 Å². The van der Waals surface area contributed by atoms with Crippen molar-refractivity contribution in [2.24, 2.45) is 0 Å². The fraction of sp³-hybridized carbons (Fsp3) is 1.00. The number of hydrogen-bond acceptors (Lipinski definition) is 2. The lowest BCUT2D eigenvalue weighted by Gasteiger charge is -2.43. The summed E-state index contributed by atoms with van der Waals surface area (Å²) in [7, 11) is -1.15. The number of ether oxygens (including phenoxy) is 1. The molecule has 0 bridgehead atoms. The Labute approximate surface area is 203 Å². The third-order valence-corrected chi connectivity index (χ3v) is 16.3. The zero-order chi connectivity index (χ0) is 23.5. The van der Waals surface area contributed by atoms with E-state index in [0.29, 0.717) is 6.10 Å². The van der Waals surface area contributed by atoms with Crippen LogP contribution in [-0.4, -0.2) is 32.3 Å². The van der Waals surface area contributed by atoms with E-state index in [4.69, 9.17) is 4.74 Å². The van der Waals surface area contributed by atoms with Gasteiger partial charge in [0.15, 0.2) is 0 Å². The van der Waals surface area contributed by atoms with Gasteiger partial charge in [-0.25, -0.2) is 0 Å². The van der Waals surface area contributed by atoms with Crippen molar-refractivity contribution in [2.75, 3.05) is 18.1 Å². The van der Waals surface area contributed by atoms with Crippen LogP contribution in [0, 0.1) is 0 Å². The van der Waals surface area contributed by atoms with Gasteiger partial charge in [-0.05, 0) is 38.2 Å². The summed E-state index contributed by atoms with van der Waals surface area (Å²) in [5, 5.41) is 0. The topological polar surface area (TPSA) is 9.23 Å². The summed E-state index contributed by atoms with van der Waals surface area (Å²) in [6, 6.07) is 1.56. The van der Waals surface area contributed by atoms with E-state index in [9.17, 15) is 0 Å². The van der Waals surface area contributed by atoms with Crippen molar-refractivity contribution >= 4 is 19.8 Å². The Morgan fingerprint density at radius 2 is 0.903 bits per heavy atom. The zero-order valence-corrected chi connectivity index (χ0v) is 24.8. The fourth-order valence-electron chi connectivity index (χ4n) is 5.67. The summed E-state index contributed by atoms with van der Waals surface area (Å²) < 4.78 is 5.59. The first kappa shape index (κ1) is 31.5. The summed E-state index contributed by atoms with van der Waals surface area (Å²) >= 11 is 2.11. The molecule has 0 spiro atoms. The molecule has 0 amide bonds. The summed E-state index contributed by atoms with van der Waals surface area (Å²) in [6.07, 6.45) is 17.6. The molecule has 0 aliphatic heterocycles. The Morgan fingerprint density at radius 1 is 0.516 bits per heavy atom. The molecule has 0 saturated carbocycles. The molecule has 0 aromatic carbocycles. The molecule has 0 aliphatic carbocycles. The largest absolute Gasteiger partial charge is 0.379 e. The minimum Gasteiger partial charge on any atom is -0.379 e. The van der Waals surface area contributed by atoms with Crippen LogP contribution in [0.4, 0.5) is 0 Å². The molecule has 0 aromatic rings. The van der Waals surface area contributed by atoms with E-state index in [-0.39, 0.29) is 0 Å². The van der Waals surface area contributed by atoms with Crippen molar-refractivity contribution < 1.29 is 4.74 Å². The third kappa shape index (κ3) is 15.1. The van der Waals surface area contributed by atoms with Crippen LogP contribution < -0.4 is 0 Å². The fourth-order valence-corrected chi connectivity index (χ4v) is 13.2. The van der Waals surface area contributed by atoms with Gasteiger partial charge in [0.05, 0.1) is 14.2 Å².